The molecule has 0 fully saturated rings. The zero-order chi connectivity index (χ0) is 12.0. The molecule has 0 saturated carbocycles. The quantitative estimate of drug-likeness (QED) is 0.696. The highest BCUT2D eigenvalue weighted by Crippen LogP contribution is 2.10. The monoisotopic (exact) mass is 223 g/mol. The molecule has 1 heterocycles. The SMILES string of the molecule is C=CCNC(=O)CNCc1c(C)noc1C. The molecular formula is C11H17N3O2. The van der Waals surface area contributed by atoms with E-state index in [1.165, 1.54) is 0 Å². The molecule has 1 aromatic heterocycles. The third-order valence-corrected chi connectivity index (χ3v) is 2.21. The van der Waals surface area contributed by atoms with Crippen LogP contribution >= 0.6 is 0 Å². The maximum absolute atomic E-state index is 11.2. The smallest absolute Gasteiger partial charge is 0.234 e. The summed E-state index contributed by atoms with van der Waals surface area (Å²) in [6.45, 7) is 8.61. The van der Waals surface area contributed by atoms with Crippen molar-refractivity contribution in [1.29, 1.82) is 0 Å². The third kappa shape index (κ3) is 3.51. The van der Waals surface area contributed by atoms with Gasteiger partial charge in [-0.3, -0.25) is 4.79 Å². The molecule has 0 aromatic carbocycles. The number of aromatic nitrogens is 1. The van der Waals surface area contributed by atoms with Gasteiger partial charge < -0.3 is 15.2 Å². The van der Waals surface area contributed by atoms with Crippen molar-refractivity contribution in [2.75, 3.05) is 13.1 Å². The minimum atomic E-state index is -0.0494. The van der Waals surface area contributed by atoms with Crippen LogP contribution in [0.2, 0.25) is 0 Å². The normalized spacial score (nSPS) is 10.1. The summed E-state index contributed by atoms with van der Waals surface area (Å²) in [5, 5.41) is 9.55. The molecule has 0 bridgehead atoms. The van der Waals surface area contributed by atoms with Gasteiger partial charge in [-0.2, -0.15) is 0 Å². The summed E-state index contributed by atoms with van der Waals surface area (Å²) in [5.74, 6) is 0.739. The summed E-state index contributed by atoms with van der Waals surface area (Å²) >= 11 is 0. The van der Waals surface area contributed by atoms with Crippen LogP contribution < -0.4 is 10.6 Å². The maximum Gasteiger partial charge on any atom is 0.234 e. The van der Waals surface area contributed by atoms with Gasteiger partial charge in [0.1, 0.15) is 5.76 Å². The first kappa shape index (κ1) is 12.4. The van der Waals surface area contributed by atoms with Crippen molar-refractivity contribution < 1.29 is 9.32 Å². The number of rotatable bonds is 6. The van der Waals surface area contributed by atoms with E-state index in [2.05, 4.69) is 22.4 Å². The largest absolute Gasteiger partial charge is 0.361 e. The Bertz CT molecular complexity index is 352. The molecule has 1 rings (SSSR count). The maximum atomic E-state index is 11.2. The summed E-state index contributed by atoms with van der Waals surface area (Å²) < 4.78 is 5.01. The van der Waals surface area contributed by atoms with E-state index in [1.807, 2.05) is 13.8 Å². The van der Waals surface area contributed by atoms with E-state index in [9.17, 15) is 4.79 Å². The molecule has 0 aliphatic rings. The lowest BCUT2D eigenvalue weighted by Gasteiger charge is -2.04. The number of hydrogen-bond donors (Lipinski definition) is 2. The summed E-state index contributed by atoms with van der Waals surface area (Å²) in [7, 11) is 0. The molecule has 0 aliphatic carbocycles. The Morgan fingerprint density at radius 1 is 1.56 bits per heavy atom. The second-order valence-electron chi connectivity index (χ2n) is 3.50. The van der Waals surface area contributed by atoms with Crippen LogP contribution in [0.3, 0.4) is 0 Å². The molecule has 1 amide bonds. The number of carbonyl (C=O) groups is 1. The number of carbonyl (C=O) groups excluding carboxylic acids is 1. The summed E-state index contributed by atoms with van der Waals surface area (Å²) in [4.78, 5) is 11.2. The van der Waals surface area contributed by atoms with Gasteiger partial charge in [-0.15, -0.1) is 6.58 Å². The highest BCUT2D eigenvalue weighted by Gasteiger charge is 2.08. The van der Waals surface area contributed by atoms with Crippen molar-refractivity contribution in [3.63, 3.8) is 0 Å². The Hall–Kier alpha value is -1.62. The highest BCUT2D eigenvalue weighted by atomic mass is 16.5. The van der Waals surface area contributed by atoms with Gasteiger partial charge in [0, 0.05) is 18.7 Å². The molecule has 0 unspecified atom stereocenters. The average molecular weight is 223 g/mol. The molecule has 1 aromatic rings. The van der Waals surface area contributed by atoms with Crippen LogP contribution in [0.4, 0.5) is 0 Å². The molecular weight excluding hydrogens is 206 g/mol. The van der Waals surface area contributed by atoms with Gasteiger partial charge in [0.15, 0.2) is 0 Å². The fraction of sp³-hybridized carbons (Fsp3) is 0.455. The Morgan fingerprint density at radius 3 is 2.88 bits per heavy atom. The Labute approximate surface area is 94.9 Å². The predicted molar refractivity (Wildman–Crippen MR) is 60.9 cm³/mol. The molecule has 0 spiro atoms. The Balaban J connectivity index is 2.30. The molecule has 2 N–H and O–H groups in total. The van der Waals surface area contributed by atoms with E-state index in [4.69, 9.17) is 4.52 Å². The summed E-state index contributed by atoms with van der Waals surface area (Å²) in [5.41, 5.74) is 1.87. The van der Waals surface area contributed by atoms with E-state index < -0.39 is 0 Å². The Morgan fingerprint density at radius 2 is 2.31 bits per heavy atom. The molecule has 5 nitrogen and oxygen atoms in total. The van der Waals surface area contributed by atoms with Crippen LogP contribution in [0.1, 0.15) is 17.0 Å². The number of hydrogen-bond acceptors (Lipinski definition) is 4. The first-order valence-corrected chi connectivity index (χ1v) is 5.15. The van der Waals surface area contributed by atoms with Gasteiger partial charge in [-0.25, -0.2) is 0 Å². The average Bonchev–Trinajstić information content (AvgIpc) is 2.57. The molecule has 5 heteroatoms. The van der Waals surface area contributed by atoms with Crippen molar-refractivity contribution in [1.82, 2.24) is 15.8 Å². The molecule has 0 atom stereocenters. The molecule has 0 aliphatic heterocycles. The summed E-state index contributed by atoms with van der Waals surface area (Å²) in [6, 6.07) is 0. The number of nitrogens with one attached hydrogen (secondary N) is 2. The van der Waals surface area contributed by atoms with Crippen LogP contribution in [0.5, 0.6) is 0 Å². The van der Waals surface area contributed by atoms with Gasteiger partial charge in [0.2, 0.25) is 5.91 Å². The minimum Gasteiger partial charge on any atom is -0.361 e. The van der Waals surface area contributed by atoms with E-state index in [0.29, 0.717) is 13.1 Å². The van der Waals surface area contributed by atoms with Crippen molar-refractivity contribution in [2.45, 2.75) is 20.4 Å². The van der Waals surface area contributed by atoms with Crippen molar-refractivity contribution in [2.24, 2.45) is 0 Å². The second kappa shape index (κ2) is 6.07. The van der Waals surface area contributed by atoms with E-state index in [0.717, 1.165) is 17.0 Å². The van der Waals surface area contributed by atoms with Crippen LogP contribution in [0.25, 0.3) is 0 Å². The van der Waals surface area contributed by atoms with Crippen molar-refractivity contribution in [3.05, 3.63) is 29.7 Å². The van der Waals surface area contributed by atoms with Gasteiger partial charge >= 0.3 is 0 Å². The molecule has 16 heavy (non-hydrogen) atoms. The van der Waals surface area contributed by atoms with Gasteiger partial charge in [0.05, 0.1) is 12.2 Å². The fourth-order valence-corrected chi connectivity index (χ4v) is 1.30. The topological polar surface area (TPSA) is 67.2 Å². The first-order chi connectivity index (χ1) is 7.65. The van der Waals surface area contributed by atoms with Crippen LogP contribution in [0.15, 0.2) is 17.2 Å². The third-order valence-electron chi connectivity index (χ3n) is 2.21. The lowest BCUT2D eigenvalue weighted by Crippen LogP contribution is -2.33. The Kier molecular flexibility index (Phi) is 4.72. The van der Waals surface area contributed by atoms with E-state index in [1.54, 1.807) is 6.08 Å². The number of aryl methyl sites for hydroxylation is 2. The van der Waals surface area contributed by atoms with E-state index >= 15 is 0 Å². The minimum absolute atomic E-state index is 0.0494. The highest BCUT2D eigenvalue weighted by molar-refractivity contribution is 5.78. The van der Waals surface area contributed by atoms with E-state index in [-0.39, 0.29) is 12.5 Å². The van der Waals surface area contributed by atoms with Gasteiger partial charge in [0.25, 0.3) is 0 Å². The first-order valence-electron chi connectivity index (χ1n) is 5.15. The summed E-state index contributed by atoms with van der Waals surface area (Å²) in [6.07, 6.45) is 1.65. The predicted octanol–water partition coefficient (Wildman–Crippen LogP) is 0.683. The van der Waals surface area contributed by atoms with Crippen LogP contribution in [0, 0.1) is 13.8 Å². The zero-order valence-corrected chi connectivity index (χ0v) is 9.67. The van der Waals surface area contributed by atoms with Crippen molar-refractivity contribution >= 4 is 5.91 Å². The standard InChI is InChI=1S/C11H17N3O2/c1-4-5-13-11(15)7-12-6-10-8(2)14-16-9(10)3/h4,12H,1,5-7H2,2-3H3,(H,13,15). The molecule has 88 valence electrons. The molecule has 0 saturated heterocycles. The zero-order valence-electron chi connectivity index (χ0n) is 9.67. The fourth-order valence-electron chi connectivity index (χ4n) is 1.30. The second-order valence-corrected chi connectivity index (χ2v) is 3.50. The molecule has 0 radical (unpaired) electrons. The van der Waals surface area contributed by atoms with Gasteiger partial charge in [-0.05, 0) is 13.8 Å². The van der Waals surface area contributed by atoms with Crippen LogP contribution in [-0.4, -0.2) is 24.2 Å². The lowest BCUT2D eigenvalue weighted by atomic mass is 10.2. The number of amides is 1. The number of nitrogens with zero attached hydrogens (tertiary/aromatic N) is 1. The lowest BCUT2D eigenvalue weighted by molar-refractivity contribution is -0.120. The van der Waals surface area contributed by atoms with Gasteiger partial charge in [-0.1, -0.05) is 11.2 Å². The van der Waals surface area contributed by atoms with Crippen molar-refractivity contribution in [3.8, 4) is 0 Å². The van der Waals surface area contributed by atoms with Crippen LogP contribution in [-0.2, 0) is 11.3 Å².